The summed E-state index contributed by atoms with van der Waals surface area (Å²) in [5, 5.41) is 14.2. The normalized spacial score (nSPS) is 12.4. The molecule has 1 aromatic heterocycles. The summed E-state index contributed by atoms with van der Waals surface area (Å²) in [5.74, 6) is -0.707. The lowest BCUT2D eigenvalue weighted by atomic mass is 10.2. The van der Waals surface area contributed by atoms with E-state index in [1.54, 1.807) is 36.7 Å². The van der Waals surface area contributed by atoms with Crippen molar-refractivity contribution in [1.29, 1.82) is 0 Å². The molecule has 2 rings (SSSR count). The van der Waals surface area contributed by atoms with Gasteiger partial charge in [0.25, 0.3) is 0 Å². The molecule has 0 radical (unpaired) electrons. The number of aromatic nitrogens is 1. The Hall–Kier alpha value is -2.34. The van der Waals surface area contributed by atoms with Crippen LogP contribution < -0.4 is 4.74 Å². The summed E-state index contributed by atoms with van der Waals surface area (Å²) < 4.78 is 5.60. The van der Waals surface area contributed by atoms with E-state index in [1.165, 1.54) is 0 Å². The molecule has 0 bridgehead atoms. The summed E-state index contributed by atoms with van der Waals surface area (Å²) in [6.07, 6.45) is 3.06. The molecule has 2 aromatic rings. The maximum Gasteiger partial charge on any atom is 0.345 e. The van der Waals surface area contributed by atoms with Crippen molar-refractivity contribution in [1.82, 2.24) is 4.98 Å². The van der Waals surface area contributed by atoms with Crippen LogP contribution in [0.5, 0.6) is 5.75 Å². The molecule has 0 saturated carbocycles. The van der Waals surface area contributed by atoms with Gasteiger partial charge in [-0.1, -0.05) is 23.7 Å². The number of oxime groups is 1. The van der Waals surface area contributed by atoms with Gasteiger partial charge >= 0.3 is 5.97 Å². The number of carboxylic acid groups (broad SMARTS) is 1. The number of carboxylic acids is 1. The quantitative estimate of drug-likeness (QED) is 0.453. The van der Waals surface area contributed by atoms with Gasteiger partial charge in [-0.3, -0.25) is 4.98 Å². The van der Waals surface area contributed by atoms with E-state index in [0.29, 0.717) is 21.7 Å². The van der Waals surface area contributed by atoms with Gasteiger partial charge in [-0.2, -0.15) is 0 Å². The number of halogens is 1. The molecular weight excluding hydrogens is 320 g/mol. The molecule has 0 saturated heterocycles. The number of hydrogen-bond acceptors (Lipinski definition) is 5. The van der Waals surface area contributed by atoms with Crippen molar-refractivity contribution >= 4 is 34.7 Å². The average Bonchev–Trinajstić information content (AvgIpc) is 2.55. The van der Waals surface area contributed by atoms with Gasteiger partial charge in [0, 0.05) is 24.2 Å². The predicted octanol–water partition coefficient (Wildman–Crippen LogP) is 3.52. The van der Waals surface area contributed by atoms with E-state index in [-0.39, 0.29) is 13.0 Å². The topological polar surface area (TPSA) is 81.0 Å². The van der Waals surface area contributed by atoms with Gasteiger partial charge in [0.05, 0.1) is 5.02 Å². The molecule has 0 aliphatic carbocycles. The number of hydrogen-bond donors (Lipinski definition) is 1. The first kappa shape index (κ1) is 17.0. The van der Waals surface area contributed by atoms with E-state index in [0.717, 1.165) is 6.42 Å². The maximum absolute atomic E-state index is 11.4. The Morgan fingerprint density at radius 3 is 3.04 bits per heavy atom. The van der Waals surface area contributed by atoms with Crippen molar-refractivity contribution in [3.8, 4) is 5.75 Å². The molecule has 23 heavy (non-hydrogen) atoms. The molecule has 122 valence electrons. The van der Waals surface area contributed by atoms with Crippen molar-refractivity contribution in [2.24, 2.45) is 5.16 Å². The number of aliphatic carboxylic acids is 1. The molecule has 0 spiro atoms. The largest absolute Gasteiger partial charge is 0.479 e. The fourth-order valence-corrected chi connectivity index (χ4v) is 2.15. The Balaban J connectivity index is 2.13. The second-order valence-electron chi connectivity index (χ2n) is 4.71. The number of carbonyl (C=O) groups is 1. The molecule has 0 aliphatic heterocycles. The molecule has 0 fully saturated rings. The molecular formula is C16H17ClN2O4. The summed E-state index contributed by atoms with van der Waals surface area (Å²) in [7, 11) is 0. The van der Waals surface area contributed by atoms with E-state index in [4.69, 9.17) is 21.2 Å². The molecule has 7 heteroatoms. The summed E-state index contributed by atoms with van der Waals surface area (Å²) in [4.78, 5) is 20.6. The fraction of sp³-hybridized carbons (Fsp3) is 0.312. The van der Waals surface area contributed by atoms with Crippen LogP contribution in [0.15, 0.2) is 35.6 Å². The van der Waals surface area contributed by atoms with Gasteiger partial charge in [0.15, 0.2) is 6.10 Å². The van der Waals surface area contributed by atoms with Gasteiger partial charge in [-0.05, 0) is 30.7 Å². The molecule has 1 unspecified atom stereocenters. The van der Waals surface area contributed by atoms with E-state index < -0.39 is 12.1 Å². The molecule has 0 amide bonds. The second-order valence-corrected chi connectivity index (χ2v) is 5.12. The standard InChI is InChI=1S/C16H17ClN2O4/c1-2-8-19-22-10-7-14(16(20)21)23-13-6-5-12(17)11-4-3-9-18-15(11)13/h3-6,8-9,14H,2,7,10H2,1H3,(H,20,21)/b19-8+. The number of fused-ring (bicyclic) bond motifs is 1. The summed E-state index contributed by atoms with van der Waals surface area (Å²) in [6, 6.07) is 6.83. The van der Waals surface area contributed by atoms with Gasteiger partial charge < -0.3 is 14.7 Å². The minimum Gasteiger partial charge on any atom is -0.479 e. The van der Waals surface area contributed by atoms with Crippen molar-refractivity contribution < 1.29 is 19.5 Å². The van der Waals surface area contributed by atoms with E-state index in [2.05, 4.69) is 10.1 Å². The number of nitrogens with zero attached hydrogens (tertiary/aromatic N) is 2. The zero-order valence-corrected chi connectivity index (χ0v) is 13.4. The van der Waals surface area contributed by atoms with E-state index in [1.807, 2.05) is 6.92 Å². The van der Waals surface area contributed by atoms with Crippen LogP contribution in [0.1, 0.15) is 19.8 Å². The second kappa shape index (κ2) is 8.33. The average molecular weight is 337 g/mol. The van der Waals surface area contributed by atoms with Crippen LogP contribution in [0, 0.1) is 0 Å². The first-order valence-electron chi connectivity index (χ1n) is 7.20. The Labute approximate surface area is 138 Å². The van der Waals surface area contributed by atoms with Crippen LogP contribution in [0.25, 0.3) is 10.9 Å². The van der Waals surface area contributed by atoms with Crippen LogP contribution in [0.2, 0.25) is 5.02 Å². The lowest BCUT2D eigenvalue weighted by Gasteiger charge is -2.16. The zero-order chi connectivity index (χ0) is 16.7. The molecule has 0 aliphatic rings. The molecule has 1 atom stereocenters. The van der Waals surface area contributed by atoms with Crippen LogP contribution >= 0.6 is 11.6 Å². The monoisotopic (exact) mass is 336 g/mol. The van der Waals surface area contributed by atoms with Crippen LogP contribution in [0.3, 0.4) is 0 Å². The summed E-state index contributed by atoms with van der Waals surface area (Å²) in [5.41, 5.74) is 0.524. The highest BCUT2D eigenvalue weighted by atomic mass is 35.5. The van der Waals surface area contributed by atoms with Gasteiger partial charge in [0.1, 0.15) is 17.9 Å². The molecule has 1 N–H and O–H groups in total. The smallest absolute Gasteiger partial charge is 0.345 e. The van der Waals surface area contributed by atoms with Crippen LogP contribution in [0.4, 0.5) is 0 Å². The zero-order valence-electron chi connectivity index (χ0n) is 12.6. The third-order valence-electron chi connectivity index (χ3n) is 3.03. The number of ether oxygens (including phenoxy) is 1. The Morgan fingerprint density at radius 2 is 2.30 bits per heavy atom. The van der Waals surface area contributed by atoms with E-state index >= 15 is 0 Å². The van der Waals surface area contributed by atoms with E-state index in [9.17, 15) is 9.90 Å². The fourth-order valence-electron chi connectivity index (χ4n) is 1.93. The summed E-state index contributed by atoms with van der Waals surface area (Å²) in [6.45, 7) is 2.07. The predicted molar refractivity (Wildman–Crippen MR) is 88.2 cm³/mol. The third kappa shape index (κ3) is 4.56. The Bertz CT molecular complexity index is 706. The lowest BCUT2D eigenvalue weighted by molar-refractivity contribution is -0.145. The first-order valence-corrected chi connectivity index (χ1v) is 7.57. The minimum atomic E-state index is -1.08. The Morgan fingerprint density at radius 1 is 1.48 bits per heavy atom. The minimum absolute atomic E-state index is 0.145. The van der Waals surface area contributed by atoms with Crippen LogP contribution in [-0.4, -0.2) is 35.0 Å². The highest BCUT2D eigenvalue weighted by Crippen LogP contribution is 2.30. The SMILES string of the molecule is CC/C=N/OCCC(Oc1ccc(Cl)c2cccnc12)C(=O)O. The van der Waals surface area contributed by atoms with Gasteiger partial charge in [-0.25, -0.2) is 4.79 Å². The lowest BCUT2D eigenvalue weighted by Crippen LogP contribution is -2.28. The van der Waals surface area contributed by atoms with Crippen molar-refractivity contribution in [3.63, 3.8) is 0 Å². The summed E-state index contributed by atoms with van der Waals surface area (Å²) >= 11 is 6.11. The van der Waals surface area contributed by atoms with Crippen molar-refractivity contribution in [3.05, 3.63) is 35.5 Å². The van der Waals surface area contributed by atoms with Gasteiger partial charge in [0.2, 0.25) is 0 Å². The molecule has 1 heterocycles. The number of pyridine rings is 1. The highest BCUT2D eigenvalue weighted by Gasteiger charge is 2.21. The van der Waals surface area contributed by atoms with Crippen LogP contribution in [-0.2, 0) is 9.63 Å². The van der Waals surface area contributed by atoms with Crippen molar-refractivity contribution in [2.45, 2.75) is 25.9 Å². The third-order valence-corrected chi connectivity index (χ3v) is 3.36. The van der Waals surface area contributed by atoms with Crippen molar-refractivity contribution in [2.75, 3.05) is 6.61 Å². The number of benzene rings is 1. The molecule has 6 nitrogen and oxygen atoms in total. The molecule has 1 aromatic carbocycles. The first-order chi connectivity index (χ1) is 11.1. The maximum atomic E-state index is 11.4. The highest BCUT2D eigenvalue weighted by molar-refractivity contribution is 6.35. The Kier molecular flexibility index (Phi) is 6.17. The number of rotatable bonds is 8. The van der Waals surface area contributed by atoms with Gasteiger partial charge in [-0.15, -0.1) is 0 Å².